The molecule has 24 heavy (non-hydrogen) atoms. The third-order valence-corrected chi connectivity index (χ3v) is 4.68. The van der Waals surface area contributed by atoms with Crippen molar-refractivity contribution < 1.29 is 13.2 Å². The molecule has 0 aliphatic heterocycles. The van der Waals surface area contributed by atoms with Gasteiger partial charge < -0.3 is 5.32 Å². The van der Waals surface area contributed by atoms with Gasteiger partial charge in [-0.2, -0.15) is 5.10 Å². The molecule has 1 aromatic carbocycles. The summed E-state index contributed by atoms with van der Waals surface area (Å²) in [5, 5.41) is 7.97. The number of sulfonamides is 1. The van der Waals surface area contributed by atoms with E-state index in [0.717, 1.165) is 12.3 Å². The fourth-order valence-electron chi connectivity index (χ4n) is 2.16. The lowest BCUT2D eigenvalue weighted by Gasteiger charge is -2.08. The lowest BCUT2D eigenvalue weighted by Crippen LogP contribution is -2.28. The Morgan fingerprint density at radius 2 is 1.88 bits per heavy atom. The van der Waals surface area contributed by atoms with Crippen molar-refractivity contribution in [2.75, 3.05) is 5.32 Å². The van der Waals surface area contributed by atoms with Crippen molar-refractivity contribution in [3.63, 3.8) is 0 Å². The Hall–Kier alpha value is -3.01. The minimum atomic E-state index is -3.85. The number of benzene rings is 1. The summed E-state index contributed by atoms with van der Waals surface area (Å²) in [5.74, 6) is -0.0808. The average molecular weight is 346 g/mol. The molecule has 0 aliphatic carbocycles. The van der Waals surface area contributed by atoms with Gasteiger partial charge in [-0.25, -0.2) is 23.1 Å². The summed E-state index contributed by atoms with van der Waals surface area (Å²) in [4.78, 5) is 19.3. The first-order valence-electron chi connectivity index (χ1n) is 6.90. The van der Waals surface area contributed by atoms with Crippen LogP contribution in [0.1, 0.15) is 6.92 Å². The SMILES string of the molecule is CC(=O)NS(=O)(=O)c1ccc(Nc2ncnc3c2cnn3C)cc1. The minimum absolute atomic E-state index is 0.00235. The first-order chi connectivity index (χ1) is 11.4. The molecule has 0 radical (unpaired) electrons. The van der Waals surface area contributed by atoms with Crippen molar-refractivity contribution in [2.45, 2.75) is 11.8 Å². The van der Waals surface area contributed by atoms with Crippen LogP contribution in [0.3, 0.4) is 0 Å². The third-order valence-electron chi connectivity index (χ3n) is 3.23. The lowest BCUT2D eigenvalue weighted by molar-refractivity contribution is -0.117. The number of aromatic nitrogens is 4. The lowest BCUT2D eigenvalue weighted by atomic mass is 10.3. The van der Waals surface area contributed by atoms with Crippen LogP contribution < -0.4 is 10.0 Å². The van der Waals surface area contributed by atoms with Crippen LogP contribution in [0, 0.1) is 0 Å². The van der Waals surface area contributed by atoms with Crippen LogP contribution in [0.15, 0.2) is 41.7 Å². The highest BCUT2D eigenvalue weighted by molar-refractivity contribution is 7.90. The molecule has 0 bridgehead atoms. The van der Waals surface area contributed by atoms with Gasteiger partial charge >= 0.3 is 0 Å². The van der Waals surface area contributed by atoms with Crippen LogP contribution in [0.4, 0.5) is 11.5 Å². The topological polar surface area (TPSA) is 119 Å². The van der Waals surface area contributed by atoms with Crippen molar-refractivity contribution in [3.05, 3.63) is 36.8 Å². The molecular weight excluding hydrogens is 332 g/mol. The smallest absolute Gasteiger partial charge is 0.264 e. The molecule has 3 rings (SSSR count). The normalized spacial score (nSPS) is 11.4. The van der Waals surface area contributed by atoms with E-state index in [1.54, 1.807) is 30.1 Å². The molecule has 0 saturated heterocycles. The van der Waals surface area contributed by atoms with E-state index in [4.69, 9.17) is 0 Å². The number of hydrogen-bond donors (Lipinski definition) is 2. The van der Waals surface area contributed by atoms with E-state index >= 15 is 0 Å². The van der Waals surface area contributed by atoms with Crippen LogP contribution in [0.5, 0.6) is 0 Å². The number of nitrogens with one attached hydrogen (secondary N) is 2. The van der Waals surface area contributed by atoms with Gasteiger partial charge in [0, 0.05) is 19.7 Å². The fraction of sp³-hybridized carbons (Fsp3) is 0.143. The van der Waals surface area contributed by atoms with Gasteiger partial charge in [0.1, 0.15) is 12.1 Å². The van der Waals surface area contributed by atoms with Crippen LogP contribution in [0.25, 0.3) is 11.0 Å². The number of anilines is 2. The standard InChI is InChI=1S/C14H14N6O3S/c1-9(21)19-24(22,23)11-5-3-10(4-6-11)18-13-12-7-17-20(2)14(12)16-8-15-13/h3-8H,1-2H3,(H,19,21)(H,15,16,18). The van der Waals surface area contributed by atoms with Gasteiger partial charge in [0.2, 0.25) is 5.91 Å². The van der Waals surface area contributed by atoms with Crippen LogP contribution >= 0.6 is 0 Å². The van der Waals surface area contributed by atoms with Crippen LogP contribution in [-0.2, 0) is 21.9 Å². The van der Waals surface area contributed by atoms with Gasteiger partial charge in [0.05, 0.1) is 16.5 Å². The van der Waals surface area contributed by atoms with Crippen molar-refractivity contribution in [2.24, 2.45) is 7.05 Å². The Labute approximate surface area is 137 Å². The average Bonchev–Trinajstić information content (AvgIpc) is 2.89. The van der Waals surface area contributed by atoms with E-state index in [9.17, 15) is 13.2 Å². The molecule has 2 N–H and O–H groups in total. The van der Waals surface area contributed by atoms with Crippen molar-refractivity contribution in [1.29, 1.82) is 0 Å². The predicted octanol–water partition coefficient (Wildman–Crippen LogP) is 0.932. The number of carbonyl (C=O) groups is 1. The second-order valence-corrected chi connectivity index (χ2v) is 6.72. The highest BCUT2D eigenvalue weighted by Crippen LogP contribution is 2.23. The van der Waals surface area contributed by atoms with Gasteiger partial charge in [-0.05, 0) is 24.3 Å². The summed E-state index contributed by atoms with van der Waals surface area (Å²) in [6.07, 6.45) is 3.06. The van der Waals surface area contributed by atoms with E-state index in [1.165, 1.54) is 18.5 Å². The number of amides is 1. The molecule has 10 heteroatoms. The van der Waals surface area contributed by atoms with Crippen molar-refractivity contribution >= 4 is 38.5 Å². The molecule has 0 spiro atoms. The molecule has 124 valence electrons. The molecule has 0 fully saturated rings. The number of fused-ring (bicyclic) bond motifs is 1. The van der Waals surface area contributed by atoms with E-state index in [1.807, 2.05) is 4.72 Å². The maximum Gasteiger partial charge on any atom is 0.264 e. The zero-order valence-electron chi connectivity index (χ0n) is 12.9. The molecule has 0 unspecified atom stereocenters. The second kappa shape index (κ2) is 5.89. The zero-order valence-corrected chi connectivity index (χ0v) is 13.7. The van der Waals surface area contributed by atoms with Gasteiger partial charge in [-0.3, -0.25) is 9.48 Å². The third kappa shape index (κ3) is 3.04. The van der Waals surface area contributed by atoms with Gasteiger partial charge in [0.25, 0.3) is 10.0 Å². The van der Waals surface area contributed by atoms with Gasteiger partial charge in [0.15, 0.2) is 5.65 Å². The quantitative estimate of drug-likeness (QED) is 0.721. The Morgan fingerprint density at radius 3 is 2.54 bits per heavy atom. The van der Waals surface area contributed by atoms with E-state index in [0.29, 0.717) is 17.2 Å². The predicted molar refractivity (Wildman–Crippen MR) is 87.0 cm³/mol. The summed E-state index contributed by atoms with van der Waals surface area (Å²) >= 11 is 0. The molecule has 2 heterocycles. The largest absolute Gasteiger partial charge is 0.340 e. The van der Waals surface area contributed by atoms with Gasteiger partial charge in [-0.1, -0.05) is 0 Å². The number of carbonyl (C=O) groups excluding carboxylic acids is 1. The second-order valence-electron chi connectivity index (χ2n) is 5.04. The minimum Gasteiger partial charge on any atom is -0.340 e. The van der Waals surface area contributed by atoms with Gasteiger partial charge in [-0.15, -0.1) is 0 Å². The fourth-order valence-corrected chi connectivity index (χ4v) is 3.15. The first-order valence-corrected chi connectivity index (χ1v) is 8.38. The van der Waals surface area contributed by atoms with Crippen LogP contribution in [-0.4, -0.2) is 34.1 Å². The molecular formula is C14H14N6O3S. The Kier molecular flexibility index (Phi) is 3.89. The van der Waals surface area contributed by atoms with Crippen LogP contribution in [0.2, 0.25) is 0 Å². The highest BCUT2D eigenvalue weighted by Gasteiger charge is 2.15. The zero-order chi connectivity index (χ0) is 17.3. The Morgan fingerprint density at radius 1 is 1.17 bits per heavy atom. The highest BCUT2D eigenvalue weighted by atomic mass is 32.2. The number of nitrogens with zero attached hydrogens (tertiary/aromatic N) is 4. The van der Waals surface area contributed by atoms with E-state index < -0.39 is 15.9 Å². The molecule has 9 nitrogen and oxygen atoms in total. The Bertz CT molecular complexity index is 1010. The summed E-state index contributed by atoms with van der Waals surface area (Å²) in [6.45, 7) is 1.14. The van der Waals surface area contributed by atoms with Crippen molar-refractivity contribution in [3.8, 4) is 0 Å². The summed E-state index contributed by atoms with van der Waals surface area (Å²) in [6, 6.07) is 5.96. The maximum atomic E-state index is 11.9. The van der Waals surface area contributed by atoms with E-state index in [-0.39, 0.29) is 4.90 Å². The molecule has 1 amide bonds. The number of rotatable bonds is 4. The maximum absolute atomic E-state index is 11.9. The van der Waals surface area contributed by atoms with E-state index in [2.05, 4.69) is 20.4 Å². The molecule has 0 aliphatic rings. The monoisotopic (exact) mass is 346 g/mol. The summed E-state index contributed by atoms with van der Waals surface area (Å²) < 4.78 is 27.4. The Balaban J connectivity index is 1.88. The molecule has 0 atom stereocenters. The molecule has 2 aromatic heterocycles. The summed E-state index contributed by atoms with van der Waals surface area (Å²) in [5.41, 5.74) is 1.32. The molecule has 3 aromatic rings. The number of aryl methyl sites for hydroxylation is 1. The van der Waals surface area contributed by atoms with Crippen molar-refractivity contribution in [1.82, 2.24) is 24.5 Å². The first kappa shape index (κ1) is 15.9. The number of hydrogen-bond acceptors (Lipinski definition) is 7. The summed E-state index contributed by atoms with van der Waals surface area (Å²) in [7, 11) is -2.07. The molecule has 0 saturated carbocycles.